The summed E-state index contributed by atoms with van der Waals surface area (Å²) < 4.78 is 26.3. The Morgan fingerprint density at radius 3 is 2.47 bits per heavy atom. The van der Waals surface area contributed by atoms with Crippen LogP contribution in [0.4, 0.5) is 0 Å². The molecule has 1 saturated heterocycles. The number of nitrogens with zero attached hydrogens (tertiary/aromatic N) is 1. The number of carboxylic acids is 1. The van der Waals surface area contributed by atoms with Crippen molar-refractivity contribution in [3.05, 3.63) is 30.3 Å². The van der Waals surface area contributed by atoms with Crippen LogP contribution in [0.5, 0.6) is 0 Å². The van der Waals surface area contributed by atoms with Gasteiger partial charge in [0.05, 0.1) is 4.90 Å². The van der Waals surface area contributed by atoms with E-state index in [-0.39, 0.29) is 11.4 Å². The monoisotopic (exact) mass is 283 g/mol. The summed E-state index contributed by atoms with van der Waals surface area (Å²) in [5, 5.41) is 9.37. The van der Waals surface area contributed by atoms with Crippen molar-refractivity contribution >= 4 is 16.0 Å². The summed E-state index contributed by atoms with van der Waals surface area (Å²) in [7, 11) is -3.76. The van der Waals surface area contributed by atoms with Gasteiger partial charge in [-0.15, -0.1) is 0 Å². The van der Waals surface area contributed by atoms with Gasteiger partial charge in [0.1, 0.15) is 5.54 Å². The van der Waals surface area contributed by atoms with E-state index < -0.39 is 21.5 Å². The molecule has 0 saturated carbocycles. The van der Waals surface area contributed by atoms with Crippen molar-refractivity contribution in [1.82, 2.24) is 4.31 Å². The SMILES string of the molecule is CC1(C(=O)O)CCCCN1S(=O)(=O)c1ccccc1. The molecule has 2 rings (SSSR count). The van der Waals surface area contributed by atoms with E-state index in [0.29, 0.717) is 12.8 Å². The van der Waals surface area contributed by atoms with Crippen LogP contribution in [0.25, 0.3) is 0 Å². The number of sulfonamides is 1. The fourth-order valence-electron chi connectivity index (χ4n) is 2.41. The summed E-state index contributed by atoms with van der Waals surface area (Å²) in [6.07, 6.45) is 1.76. The molecule has 0 radical (unpaired) electrons. The van der Waals surface area contributed by atoms with E-state index >= 15 is 0 Å². The Morgan fingerprint density at radius 1 is 1.26 bits per heavy atom. The van der Waals surface area contributed by atoms with Crippen molar-refractivity contribution in [3.63, 3.8) is 0 Å². The number of hydrogen-bond donors (Lipinski definition) is 1. The molecule has 19 heavy (non-hydrogen) atoms. The molecule has 1 aliphatic heterocycles. The zero-order chi connectivity index (χ0) is 14.1. The largest absolute Gasteiger partial charge is 0.480 e. The second kappa shape index (κ2) is 4.94. The van der Waals surface area contributed by atoms with Crippen LogP contribution in [-0.2, 0) is 14.8 Å². The molecule has 1 aliphatic rings. The third-order valence-corrected chi connectivity index (χ3v) is 5.65. The van der Waals surface area contributed by atoms with E-state index in [1.54, 1.807) is 18.2 Å². The molecule has 1 N–H and O–H groups in total. The highest BCUT2D eigenvalue weighted by molar-refractivity contribution is 7.89. The first kappa shape index (κ1) is 14.0. The van der Waals surface area contributed by atoms with Gasteiger partial charge in [0.2, 0.25) is 10.0 Å². The van der Waals surface area contributed by atoms with Crippen molar-refractivity contribution in [2.75, 3.05) is 6.54 Å². The lowest BCUT2D eigenvalue weighted by molar-refractivity contribution is -0.149. The molecule has 1 aromatic carbocycles. The Hall–Kier alpha value is -1.40. The van der Waals surface area contributed by atoms with E-state index in [4.69, 9.17) is 0 Å². The Bertz CT molecular complexity index is 570. The number of hydrogen-bond acceptors (Lipinski definition) is 3. The zero-order valence-electron chi connectivity index (χ0n) is 10.7. The summed E-state index contributed by atoms with van der Waals surface area (Å²) in [5.74, 6) is -1.09. The van der Waals surface area contributed by atoms with Crippen LogP contribution < -0.4 is 0 Å². The smallest absolute Gasteiger partial charge is 0.324 e. The minimum Gasteiger partial charge on any atom is -0.480 e. The summed E-state index contributed by atoms with van der Waals surface area (Å²) >= 11 is 0. The molecule has 1 atom stereocenters. The van der Waals surface area contributed by atoms with Crippen LogP contribution >= 0.6 is 0 Å². The highest BCUT2D eigenvalue weighted by Crippen LogP contribution is 2.33. The van der Waals surface area contributed by atoms with Crippen LogP contribution in [0.2, 0.25) is 0 Å². The first-order valence-corrected chi connectivity index (χ1v) is 7.64. The van der Waals surface area contributed by atoms with Gasteiger partial charge in [0.25, 0.3) is 0 Å². The van der Waals surface area contributed by atoms with Gasteiger partial charge >= 0.3 is 5.97 Å². The second-order valence-electron chi connectivity index (χ2n) is 4.93. The molecule has 0 amide bonds. The van der Waals surface area contributed by atoms with Gasteiger partial charge in [-0.25, -0.2) is 8.42 Å². The van der Waals surface area contributed by atoms with E-state index in [1.807, 2.05) is 0 Å². The van der Waals surface area contributed by atoms with Crippen LogP contribution in [0.1, 0.15) is 26.2 Å². The van der Waals surface area contributed by atoms with E-state index in [9.17, 15) is 18.3 Å². The zero-order valence-corrected chi connectivity index (χ0v) is 11.6. The lowest BCUT2D eigenvalue weighted by Gasteiger charge is -2.40. The standard InChI is InChI=1S/C13H17NO4S/c1-13(12(15)16)9-5-6-10-14(13)19(17,18)11-7-3-2-4-8-11/h2-4,7-8H,5-6,9-10H2,1H3,(H,15,16). The first-order valence-electron chi connectivity index (χ1n) is 6.20. The quantitative estimate of drug-likeness (QED) is 0.916. The lowest BCUT2D eigenvalue weighted by Crippen LogP contribution is -2.57. The Labute approximate surface area is 112 Å². The van der Waals surface area contributed by atoms with E-state index in [0.717, 1.165) is 10.7 Å². The van der Waals surface area contributed by atoms with Crippen LogP contribution in [0, 0.1) is 0 Å². The third-order valence-electron chi connectivity index (χ3n) is 3.62. The van der Waals surface area contributed by atoms with Crippen molar-refractivity contribution < 1.29 is 18.3 Å². The average molecular weight is 283 g/mol. The molecule has 0 aromatic heterocycles. The van der Waals surface area contributed by atoms with Crippen molar-refractivity contribution in [1.29, 1.82) is 0 Å². The van der Waals surface area contributed by atoms with Crippen LogP contribution in [-0.4, -0.2) is 35.9 Å². The summed E-state index contributed by atoms with van der Waals surface area (Å²) in [6.45, 7) is 1.73. The van der Waals surface area contributed by atoms with Gasteiger partial charge in [0, 0.05) is 6.54 Å². The summed E-state index contributed by atoms with van der Waals surface area (Å²) in [4.78, 5) is 11.6. The molecular formula is C13H17NO4S. The van der Waals surface area contributed by atoms with Gasteiger partial charge in [-0.1, -0.05) is 18.2 Å². The number of carboxylic acid groups (broad SMARTS) is 1. The molecule has 0 spiro atoms. The minimum absolute atomic E-state index is 0.143. The highest BCUT2D eigenvalue weighted by Gasteiger charge is 2.47. The maximum atomic E-state index is 12.6. The molecule has 5 nitrogen and oxygen atoms in total. The molecule has 1 aromatic rings. The van der Waals surface area contributed by atoms with Gasteiger partial charge in [-0.3, -0.25) is 4.79 Å². The molecule has 104 valence electrons. The molecule has 1 heterocycles. The minimum atomic E-state index is -3.76. The molecule has 1 fully saturated rings. The summed E-state index contributed by atoms with van der Waals surface area (Å²) in [6, 6.07) is 7.98. The Morgan fingerprint density at radius 2 is 1.89 bits per heavy atom. The normalized spacial score (nSPS) is 25.1. The maximum absolute atomic E-state index is 12.6. The highest BCUT2D eigenvalue weighted by atomic mass is 32.2. The predicted molar refractivity (Wildman–Crippen MR) is 70.2 cm³/mol. The predicted octanol–water partition coefficient (Wildman–Crippen LogP) is 1.70. The Kier molecular flexibility index (Phi) is 3.64. The lowest BCUT2D eigenvalue weighted by atomic mass is 9.91. The van der Waals surface area contributed by atoms with E-state index in [1.165, 1.54) is 19.1 Å². The number of piperidine rings is 1. The van der Waals surface area contributed by atoms with Crippen molar-refractivity contribution in [2.45, 2.75) is 36.6 Å². The molecule has 0 aliphatic carbocycles. The Balaban J connectivity index is 2.47. The van der Waals surface area contributed by atoms with E-state index in [2.05, 4.69) is 0 Å². The molecule has 6 heteroatoms. The topological polar surface area (TPSA) is 74.7 Å². The van der Waals surface area contributed by atoms with Gasteiger partial charge in [-0.05, 0) is 38.3 Å². The van der Waals surface area contributed by atoms with Crippen molar-refractivity contribution in [3.8, 4) is 0 Å². The molecule has 1 unspecified atom stereocenters. The van der Waals surface area contributed by atoms with Gasteiger partial charge < -0.3 is 5.11 Å². The van der Waals surface area contributed by atoms with Crippen LogP contribution in [0.15, 0.2) is 35.2 Å². The summed E-state index contributed by atoms with van der Waals surface area (Å²) in [5.41, 5.74) is -1.35. The fourth-order valence-corrected chi connectivity index (χ4v) is 4.24. The first-order chi connectivity index (χ1) is 8.89. The fraction of sp³-hybridized carbons (Fsp3) is 0.462. The van der Waals surface area contributed by atoms with Crippen LogP contribution in [0.3, 0.4) is 0 Å². The van der Waals surface area contributed by atoms with Gasteiger partial charge in [0.15, 0.2) is 0 Å². The molecule has 0 bridgehead atoms. The number of benzene rings is 1. The average Bonchev–Trinajstić information content (AvgIpc) is 2.40. The van der Waals surface area contributed by atoms with Crippen molar-refractivity contribution in [2.24, 2.45) is 0 Å². The number of carbonyl (C=O) groups is 1. The third kappa shape index (κ3) is 2.37. The number of aliphatic carboxylic acids is 1. The molecular weight excluding hydrogens is 266 g/mol. The second-order valence-corrected chi connectivity index (χ2v) is 6.79. The number of rotatable bonds is 3. The maximum Gasteiger partial charge on any atom is 0.324 e. The van der Waals surface area contributed by atoms with Gasteiger partial charge in [-0.2, -0.15) is 4.31 Å².